The number of rotatable bonds is 6. The topological polar surface area (TPSA) is 130 Å². The van der Waals surface area contributed by atoms with Gasteiger partial charge in [0.25, 0.3) is 0 Å². The summed E-state index contributed by atoms with van der Waals surface area (Å²) in [5.41, 5.74) is 0.527. The molecular formula is C16H15FN6O3S. The summed E-state index contributed by atoms with van der Waals surface area (Å²) < 4.78 is 40.3. The number of H-pyrrole nitrogens is 1. The molecule has 0 aliphatic heterocycles. The number of amides is 1. The molecular weight excluding hydrogens is 375 g/mol. The second-order valence-electron chi connectivity index (χ2n) is 5.50. The molecule has 0 fully saturated rings. The number of sulfonamides is 1. The van der Waals surface area contributed by atoms with Gasteiger partial charge >= 0.3 is 0 Å². The molecule has 1 aromatic carbocycles. The van der Waals surface area contributed by atoms with E-state index in [9.17, 15) is 17.6 Å². The average molecular weight is 390 g/mol. The van der Waals surface area contributed by atoms with Crippen molar-refractivity contribution in [3.63, 3.8) is 0 Å². The van der Waals surface area contributed by atoms with Crippen LogP contribution in [0.3, 0.4) is 0 Å². The molecule has 3 rings (SSSR count). The number of aromatic amines is 1. The lowest BCUT2D eigenvalue weighted by Crippen LogP contribution is -2.41. The van der Waals surface area contributed by atoms with Gasteiger partial charge in [0.05, 0.1) is 6.04 Å². The summed E-state index contributed by atoms with van der Waals surface area (Å²) in [6.45, 7) is 1.32. The fourth-order valence-corrected chi connectivity index (χ4v) is 3.46. The van der Waals surface area contributed by atoms with Crippen LogP contribution in [0, 0.1) is 5.82 Å². The smallest absolute Gasteiger partial charge is 0.244 e. The van der Waals surface area contributed by atoms with Crippen molar-refractivity contribution in [2.24, 2.45) is 0 Å². The number of pyridine rings is 1. The van der Waals surface area contributed by atoms with Crippen molar-refractivity contribution in [1.82, 2.24) is 24.9 Å². The summed E-state index contributed by atoms with van der Waals surface area (Å²) in [6, 6.07) is 8.92. The van der Waals surface area contributed by atoms with Crippen LogP contribution in [0.25, 0.3) is 11.5 Å². The van der Waals surface area contributed by atoms with Gasteiger partial charge in [-0.15, -0.1) is 10.2 Å². The molecule has 27 heavy (non-hydrogen) atoms. The summed E-state index contributed by atoms with van der Waals surface area (Å²) in [4.78, 5) is 18.5. The van der Waals surface area contributed by atoms with E-state index in [1.54, 1.807) is 24.4 Å². The number of carbonyl (C=O) groups excluding carboxylic acids is 1. The van der Waals surface area contributed by atoms with Crippen molar-refractivity contribution in [2.75, 3.05) is 5.32 Å². The number of nitrogens with zero attached hydrogens (tertiary/aromatic N) is 3. The molecule has 0 spiro atoms. The van der Waals surface area contributed by atoms with Crippen LogP contribution in [0.15, 0.2) is 53.6 Å². The molecule has 3 aromatic rings. The lowest BCUT2D eigenvalue weighted by Gasteiger charge is -2.13. The van der Waals surface area contributed by atoms with Crippen molar-refractivity contribution in [3.05, 3.63) is 54.5 Å². The first-order chi connectivity index (χ1) is 12.9. The molecule has 0 unspecified atom stereocenters. The van der Waals surface area contributed by atoms with Crippen molar-refractivity contribution in [2.45, 2.75) is 17.9 Å². The van der Waals surface area contributed by atoms with E-state index in [2.05, 4.69) is 30.2 Å². The van der Waals surface area contributed by atoms with Gasteiger partial charge in [0.15, 0.2) is 5.82 Å². The molecule has 0 bridgehead atoms. The van der Waals surface area contributed by atoms with E-state index < -0.39 is 32.7 Å². The highest BCUT2D eigenvalue weighted by atomic mass is 32.2. The summed E-state index contributed by atoms with van der Waals surface area (Å²) >= 11 is 0. The first-order valence-electron chi connectivity index (χ1n) is 7.78. The van der Waals surface area contributed by atoms with Crippen LogP contribution >= 0.6 is 0 Å². The van der Waals surface area contributed by atoms with Crippen molar-refractivity contribution < 1.29 is 17.6 Å². The third-order valence-electron chi connectivity index (χ3n) is 3.49. The first kappa shape index (κ1) is 18.6. The Morgan fingerprint density at radius 3 is 2.59 bits per heavy atom. The molecule has 11 heteroatoms. The van der Waals surface area contributed by atoms with Crippen LogP contribution in [0.2, 0.25) is 0 Å². The normalized spacial score (nSPS) is 12.5. The maximum atomic E-state index is 13.7. The molecule has 9 nitrogen and oxygen atoms in total. The van der Waals surface area contributed by atoms with Crippen LogP contribution in [-0.4, -0.2) is 40.5 Å². The lowest BCUT2D eigenvalue weighted by molar-refractivity contribution is -0.117. The first-order valence-corrected chi connectivity index (χ1v) is 9.27. The van der Waals surface area contributed by atoms with Crippen molar-refractivity contribution in [1.29, 1.82) is 0 Å². The zero-order valence-corrected chi connectivity index (χ0v) is 14.9. The Kier molecular flexibility index (Phi) is 5.23. The molecule has 1 amide bonds. The third-order valence-corrected chi connectivity index (χ3v) is 5.06. The summed E-state index contributed by atoms with van der Waals surface area (Å²) in [5, 5.41) is 10.0. The second-order valence-corrected chi connectivity index (χ2v) is 7.18. The quantitative estimate of drug-likeness (QED) is 0.582. The second kappa shape index (κ2) is 7.60. The van der Waals surface area contributed by atoms with Gasteiger partial charge in [0.2, 0.25) is 21.9 Å². The van der Waals surface area contributed by atoms with Crippen LogP contribution in [0.4, 0.5) is 10.3 Å². The molecule has 0 saturated heterocycles. The Labute approximate surface area is 154 Å². The largest absolute Gasteiger partial charge is 0.306 e. The predicted molar refractivity (Wildman–Crippen MR) is 94.4 cm³/mol. The van der Waals surface area contributed by atoms with E-state index in [1.807, 2.05) is 0 Å². The minimum absolute atomic E-state index is 0.0255. The van der Waals surface area contributed by atoms with Gasteiger partial charge in [-0.05, 0) is 31.2 Å². The molecule has 3 N–H and O–H groups in total. The van der Waals surface area contributed by atoms with E-state index in [4.69, 9.17) is 0 Å². The predicted octanol–water partition coefficient (Wildman–Crippen LogP) is 1.31. The highest BCUT2D eigenvalue weighted by Gasteiger charge is 2.25. The number of halogens is 1. The summed E-state index contributed by atoms with van der Waals surface area (Å²) in [7, 11) is -4.21. The van der Waals surface area contributed by atoms with Crippen LogP contribution in [-0.2, 0) is 14.8 Å². The maximum Gasteiger partial charge on any atom is 0.244 e. The summed E-state index contributed by atoms with van der Waals surface area (Å²) in [6.07, 6.45) is 1.58. The van der Waals surface area contributed by atoms with Gasteiger partial charge in [-0.25, -0.2) is 12.8 Å². The lowest BCUT2D eigenvalue weighted by atomic mass is 10.3. The number of benzene rings is 1. The van der Waals surface area contributed by atoms with Crippen molar-refractivity contribution >= 4 is 21.9 Å². The molecule has 140 valence electrons. The summed E-state index contributed by atoms with van der Waals surface area (Å²) in [5.74, 6) is -1.24. The van der Waals surface area contributed by atoms with E-state index >= 15 is 0 Å². The average Bonchev–Trinajstić information content (AvgIpc) is 3.11. The fraction of sp³-hybridized carbons (Fsp3) is 0.125. The number of hydrogen-bond donors (Lipinski definition) is 3. The van der Waals surface area contributed by atoms with E-state index in [0.29, 0.717) is 11.5 Å². The molecule has 0 saturated carbocycles. The standard InChI is InChI=1S/C16H15FN6O3S/c1-10(23-27(25,26)13-8-3-2-6-11(13)17)15(24)20-16-19-14(21-22-16)12-7-4-5-9-18-12/h2-10,23H,1H3,(H2,19,20,21,22,24)/t10-/m0/s1. The third kappa shape index (κ3) is 4.33. The maximum absolute atomic E-state index is 13.7. The zero-order valence-electron chi connectivity index (χ0n) is 14.0. The van der Waals surface area contributed by atoms with Crippen LogP contribution < -0.4 is 10.0 Å². The van der Waals surface area contributed by atoms with Gasteiger partial charge in [-0.2, -0.15) is 4.72 Å². The SMILES string of the molecule is C[C@H](NS(=O)(=O)c1ccccc1F)C(=O)Nc1nnc(-c2ccccn2)[nH]1. The van der Waals surface area contributed by atoms with Gasteiger partial charge in [0.1, 0.15) is 16.4 Å². The van der Waals surface area contributed by atoms with Gasteiger partial charge in [0, 0.05) is 6.20 Å². The number of nitrogens with one attached hydrogen (secondary N) is 3. The Balaban J connectivity index is 1.68. The monoisotopic (exact) mass is 390 g/mol. The van der Waals surface area contributed by atoms with E-state index in [-0.39, 0.29) is 5.95 Å². The van der Waals surface area contributed by atoms with Crippen LogP contribution in [0.5, 0.6) is 0 Å². The Hall–Kier alpha value is -3.18. The Morgan fingerprint density at radius 1 is 1.15 bits per heavy atom. The number of carbonyl (C=O) groups is 1. The highest BCUT2D eigenvalue weighted by molar-refractivity contribution is 7.89. The number of anilines is 1. The molecule has 2 heterocycles. The van der Waals surface area contributed by atoms with E-state index in [1.165, 1.54) is 19.1 Å². The molecule has 2 aromatic heterocycles. The Morgan fingerprint density at radius 2 is 1.89 bits per heavy atom. The molecule has 1 atom stereocenters. The highest BCUT2D eigenvalue weighted by Crippen LogP contribution is 2.15. The minimum Gasteiger partial charge on any atom is -0.306 e. The minimum atomic E-state index is -4.21. The van der Waals surface area contributed by atoms with Gasteiger partial charge in [-0.3, -0.25) is 15.1 Å². The molecule has 0 aliphatic rings. The number of hydrogen-bond acceptors (Lipinski definition) is 6. The van der Waals surface area contributed by atoms with Gasteiger partial charge in [-0.1, -0.05) is 18.2 Å². The molecule has 0 aliphatic carbocycles. The fourth-order valence-electron chi connectivity index (χ4n) is 2.17. The van der Waals surface area contributed by atoms with Crippen molar-refractivity contribution in [3.8, 4) is 11.5 Å². The van der Waals surface area contributed by atoms with Gasteiger partial charge < -0.3 is 4.98 Å². The zero-order chi connectivity index (χ0) is 19.4. The molecule has 0 radical (unpaired) electrons. The van der Waals surface area contributed by atoms with Crippen LogP contribution in [0.1, 0.15) is 6.92 Å². The van der Waals surface area contributed by atoms with E-state index in [0.717, 1.165) is 12.1 Å². The Bertz CT molecular complexity index is 1050. The number of aromatic nitrogens is 4.